The number of nitrogens with zero attached hydrogens (tertiary/aromatic N) is 2. The van der Waals surface area contributed by atoms with Crippen molar-refractivity contribution in [3.8, 4) is 0 Å². The van der Waals surface area contributed by atoms with E-state index in [1.54, 1.807) is 32.0 Å². The fourth-order valence-corrected chi connectivity index (χ4v) is 5.29. The zero-order valence-corrected chi connectivity index (χ0v) is 22.2. The first kappa shape index (κ1) is 27.5. The number of nitrogens with one attached hydrogen (secondary N) is 1. The normalized spacial score (nSPS) is 12.0. The highest BCUT2D eigenvalue weighted by Crippen LogP contribution is 2.27. The van der Waals surface area contributed by atoms with Crippen LogP contribution >= 0.6 is 23.2 Å². The molecule has 0 radical (unpaired) electrons. The van der Waals surface area contributed by atoms with Crippen LogP contribution in [0.2, 0.25) is 10.0 Å². The van der Waals surface area contributed by atoms with E-state index in [4.69, 9.17) is 23.2 Å². The van der Waals surface area contributed by atoms with Gasteiger partial charge in [0, 0.05) is 23.1 Å². The second kappa shape index (κ2) is 12.3. The molecule has 0 aliphatic heterocycles. The maximum absolute atomic E-state index is 13.7. The van der Waals surface area contributed by atoms with Crippen LogP contribution in [0, 0.1) is 0 Å². The van der Waals surface area contributed by atoms with Crippen LogP contribution < -0.4 is 9.62 Å². The highest BCUT2D eigenvalue weighted by molar-refractivity contribution is 7.92. The van der Waals surface area contributed by atoms with E-state index in [0.717, 1.165) is 9.87 Å². The number of hydrogen-bond donors (Lipinski definition) is 1. The van der Waals surface area contributed by atoms with Gasteiger partial charge >= 0.3 is 0 Å². The van der Waals surface area contributed by atoms with Gasteiger partial charge in [0.1, 0.15) is 12.6 Å². The molecule has 1 atom stereocenters. The van der Waals surface area contributed by atoms with E-state index in [1.807, 2.05) is 30.3 Å². The maximum atomic E-state index is 13.7. The van der Waals surface area contributed by atoms with Crippen LogP contribution in [0.3, 0.4) is 0 Å². The van der Waals surface area contributed by atoms with Gasteiger partial charge in [-0.2, -0.15) is 0 Å². The predicted molar refractivity (Wildman–Crippen MR) is 143 cm³/mol. The van der Waals surface area contributed by atoms with Gasteiger partial charge < -0.3 is 10.2 Å². The second-order valence-corrected chi connectivity index (χ2v) is 10.8. The van der Waals surface area contributed by atoms with Crippen molar-refractivity contribution in [1.29, 1.82) is 0 Å². The summed E-state index contributed by atoms with van der Waals surface area (Å²) in [6.45, 7) is 3.39. The van der Waals surface area contributed by atoms with Crippen LogP contribution in [0.25, 0.3) is 0 Å². The van der Waals surface area contributed by atoms with Crippen LogP contribution in [0.1, 0.15) is 19.4 Å². The van der Waals surface area contributed by atoms with E-state index in [2.05, 4.69) is 5.32 Å². The molecule has 1 N–H and O–H groups in total. The van der Waals surface area contributed by atoms with Gasteiger partial charge in [0.25, 0.3) is 10.0 Å². The molecule has 0 heterocycles. The molecule has 3 rings (SSSR count). The SMILES string of the molecule is CCNC(=O)[C@@H](C)N(Cc1ccccc1)C(=O)CN(c1cccc(Cl)c1)S(=O)(=O)c1ccc(Cl)cc1. The summed E-state index contributed by atoms with van der Waals surface area (Å²) in [5.74, 6) is -0.883. The zero-order valence-electron chi connectivity index (χ0n) is 19.9. The molecule has 0 spiro atoms. The summed E-state index contributed by atoms with van der Waals surface area (Å²) in [5.41, 5.74) is 1.02. The van der Waals surface area contributed by atoms with E-state index in [1.165, 1.54) is 35.2 Å². The van der Waals surface area contributed by atoms with Crippen molar-refractivity contribution < 1.29 is 18.0 Å². The summed E-state index contributed by atoms with van der Waals surface area (Å²) < 4.78 is 28.3. The lowest BCUT2D eigenvalue weighted by Crippen LogP contribution is -2.51. The molecule has 7 nitrogen and oxygen atoms in total. The Morgan fingerprint density at radius 3 is 2.19 bits per heavy atom. The fraction of sp³-hybridized carbons (Fsp3) is 0.231. The van der Waals surface area contributed by atoms with E-state index < -0.39 is 28.5 Å². The number of hydrogen-bond acceptors (Lipinski definition) is 4. The van der Waals surface area contributed by atoms with Crippen molar-refractivity contribution >= 4 is 50.7 Å². The molecule has 0 aliphatic rings. The molecule has 0 bridgehead atoms. The average molecular weight is 548 g/mol. The number of likely N-dealkylation sites (N-methyl/N-ethyl adjacent to an activating group) is 1. The van der Waals surface area contributed by atoms with E-state index >= 15 is 0 Å². The first-order valence-electron chi connectivity index (χ1n) is 11.3. The Morgan fingerprint density at radius 2 is 1.58 bits per heavy atom. The van der Waals surface area contributed by atoms with Gasteiger partial charge in [-0.05, 0) is 61.9 Å². The summed E-state index contributed by atoms with van der Waals surface area (Å²) in [6.07, 6.45) is 0. The molecule has 190 valence electrons. The monoisotopic (exact) mass is 547 g/mol. The molecule has 0 saturated carbocycles. The third-order valence-electron chi connectivity index (χ3n) is 5.49. The summed E-state index contributed by atoms with van der Waals surface area (Å²) >= 11 is 12.1. The number of halogens is 2. The van der Waals surface area contributed by atoms with Gasteiger partial charge in [-0.25, -0.2) is 8.42 Å². The Labute approximate surface area is 221 Å². The molecule has 0 saturated heterocycles. The average Bonchev–Trinajstić information content (AvgIpc) is 2.86. The molecule has 10 heteroatoms. The third-order valence-corrected chi connectivity index (χ3v) is 7.77. The summed E-state index contributed by atoms with van der Waals surface area (Å²) in [7, 11) is -4.18. The lowest BCUT2D eigenvalue weighted by Gasteiger charge is -2.32. The second-order valence-electron chi connectivity index (χ2n) is 8.02. The van der Waals surface area contributed by atoms with Gasteiger partial charge in [0.2, 0.25) is 11.8 Å². The van der Waals surface area contributed by atoms with Gasteiger partial charge in [-0.3, -0.25) is 13.9 Å². The van der Waals surface area contributed by atoms with Crippen LogP contribution in [0.4, 0.5) is 5.69 Å². The number of carbonyl (C=O) groups is 2. The largest absolute Gasteiger partial charge is 0.355 e. The van der Waals surface area contributed by atoms with E-state index in [-0.39, 0.29) is 23.0 Å². The molecular formula is C26H27Cl2N3O4S. The summed E-state index contributed by atoms with van der Waals surface area (Å²) in [5, 5.41) is 3.42. The highest BCUT2D eigenvalue weighted by Gasteiger charge is 2.32. The summed E-state index contributed by atoms with van der Waals surface area (Å²) in [6, 6.07) is 20.3. The Hall–Kier alpha value is -3.07. The Bertz CT molecular complexity index is 1300. The van der Waals surface area contributed by atoms with Crippen LogP contribution in [-0.4, -0.2) is 44.3 Å². The number of amides is 2. The molecule has 3 aromatic carbocycles. The minimum Gasteiger partial charge on any atom is -0.355 e. The number of rotatable bonds is 10. The number of sulfonamides is 1. The van der Waals surface area contributed by atoms with Crippen LogP contribution in [0.5, 0.6) is 0 Å². The van der Waals surface area contributed by atoms with Gasteiger partial charge in [-0.15, -0.1) is 0 Å². The Kier molecular flexibility index (Phi) is 9.37. The van der Waals surface area contributed by atoms with Gasteiger partial charge in [-0.1, -0.05) is 59.6 Å². The Balaban J connectivity index is 2.02. The highest BCUT2D eigenvalue weighted by atomic mass is 35.5. The number of benzene rings is 3. The molecule has 0 aliphatic carbocycles. The zero-order chi connectivity index (χ0) is 26.3. The summed E-state index contributed by atoms with van der Waals surface area (Å²) in [4.78, 5) is 27.7. The van der Waals surface area contributed by atoms with Crippen molar-refractivity contribution in [3.63, 3.8) is 0 Å². The topological polar surface area (TPSA) is 86.8 Å². The van der Waals surface area contributed by atoms with Crippen molar-refractivity contribution in [2.75, 3.05) is 17.4 Å². The molecule has 0 fully saturated rings. The number of carbonyl (C=O) groups excluding carboxylic acids is 2. The standard InChI is InChI=1S/C26H27Cl2N3O4S/c1-3-29-26(33)19(2)30(17-20-8-5-4-6-9-20)25(32)18-31(23-11-7-10-22(28)16-23)36(34,35)24-14-12-21(27)13-15-24/h4-16,19H,3,17-18H2,1-2H3,(H,29,33)/t19-/m1/s1. The van der Waals surface area contributed by atoms with Crippen LogP contribution in [-0.2, 0) is 26.2 Å². The molecular weight excluding hydrogens is 521 g/mol. The molecule has 3 aromatic rings. The fourth-order valence-electron chi connectivity index (χ4n) is 3.58. The molecule has 2 amide bonds. The van der Waals surface area contributed by atoms with Crippen molar-refractivity contribution in [3.05, 3.63) is 94.5 Å². The molecule has 0 aromatic heterocycles. The third kappa shape index (κ3) is 6.78. The Morgan fingerprint density at radius 1 is 0.917 bits per heavy atom. The van der Waals surface area contributed by atoms with E-state index in [0.29, 0.717) is 16.6 Å². The number of anilines is 1. The first-order valence-corrected chi connectivity index (χ1v) is 13.5. The lowest BCUT2D eigenvalue weighted by atomic mass is 10.1. The van der Waals surface area contributed by atoms with E-state index in [9.17, 15) is 18.0 Å². The lowest BCUT2D eigenvalue weighted by molar-refractivity contribution is -0.139. The molecule has 36 heavy (non-hydrogen) atoms. The van der Waals surface area contributed by atoms with Gasteiger partial charge in [0.15, 0.2) is 0 Å². The minimum atomic E-state index is -4.18. The maximum Gasteiger partial charge on any atom is 0.264 e. The predicted octanol–water partition coefficient (Wildman–Crippen LogP) is 4.74. The molecule has 0 unspecified atom stereocenters. The van der Waals surface area contributed by atoms with Crippen molar-refractivity contribution in [2.45, 2.75) is 31.3 Å². The van der Waals surface area contributed by atoms with Crippen molar-refractivity contribution in [2.24, 2.45) is 0 Å². The quantitative estimate of drug-likeness (QED) is 0.397. The van der Waals surface area contributed by atoms with Crippen LogP contribution in [0.15, 0.2) is 83.8 Å². The minimum absolute atomic E-state index is 0.0361. The van der Waals surface area contributed by atoms with Gasteiger partial charge in [0.05, 0.1) is 10.6 Å². The smallest absolute Gasteiger partial charge is 0.264 e. The first-order chi connectivity index (χ1) is 17.1. The van der Waals surface area contributed by atoms with Crippen molar-refractivity contribution in [1.82, 2.24) is 10.2 Å².